The van der Waals surface area contributed by atoms with E-state index in [4.69, 9.17) is 5.14 Å². The molecule has 1 aromatic carbocycles. The van der Waals surface area contributed by atoms with E-state index in [2.05, 4.69) is 0 Å². The molecule has 0 aliphatic heterocycles. The number of halogens is 3. The number of nitrogens with zero attached hydrogens (tertiary/aromatic N) is 1. The topological polar surface area (TPSA) is 63.4 Å². The summed E-state index contributed by atoms with van der Waals surface area (Å²) in [7, 11) is -2.63. The van der Waals surface area contributed by atoms with E-state index in [-0.39, 0.29) is 11.6 Å². The van der Waals surface area contributed by atoms with Crippen molar-refractivity contribution in [1.82, 2.24) is 0 Å². The summed E-state index contributed by atoms with van der Waals surface area (Å²) in [5, 5.41) is 4.89. The minimum absolute atomic E-state index is 0.0600. The minimum Gasteiger partial charge on any atom is -0.374 e. The lowest BCUT2D eigenvalue weighted by Crippen LogP contribution is -2.26. The molecule has 8 heteroatoms. The predicted octanol–water partition coefficient (Wildman–Crippen LogP) is 2.84. The number of rotatable bonds is 5. The molecular formula is C13H19F3N2O2S. The predicted molar refractivity (Wildman–Crippen MR) is 75.5 cm³/mol. The smallest absolute Gasteiger partial charge is 0.374 e. The lowest BCUT2D eigenvalue weighted by Gasteiger charge is -2.26. The average molecular weight is 324 g/mol. The van der Waals surface area contributed by atoms with E-state index in [1.165, 1.54) is 4.90 Å². The highest BCUT2D eigenvalue weighted by Gasteiger charge is 2.35. The maximum Gasteiger partial charge on any atom is 0.418 e. The molecule has 0 aliphatic carbocycles. The zero-order valence-electron chi connectivity index (χ0n) is 12.1. The molecule has 0 heterocycles. The zero-order valence-corrected chi connectivity index (χ0v) is 12.9. The summed E-state index contributed by atoms with van der Waals surface area (Å²) in [4.78, 5) is 0.930. The van der Waals surface area contributed by atoms with Gasteiger partial charge in [0.15, 0.2) is 0 Å². The molecule has 0 saturated heterocycles. The standard InChI is InChI=1S/C13H19F3N2O2S/c1-4-9(2)8-18(3)12-6-5-10(21(17,19)20)7-11(12)13(14,15)16/h5-7,9H,4,8H2,1-3H3,(H2,17,19,20). The van der Waals surface area contributed by atoms with Gasteiger partial charge in [0.05, 0.1) is 10.5 Å². The molecule has 0 saturated carbocycles. The molecule has 0 fully saturated rings. The van der Waals surface area contributed by atoms with E-state index in [0.717, 1.165) is 18.6 Å². The third-order valence-corrected chi connectivity index (χ3v) is 4.21. The van der Waals surface area contributed by atoms with Crippen LogP contribution < -0.4 is 10.0 Å². The third kappa shape index (κ3) is 4.60. The molecule has 0 amide bonds. The third-order valence-electron chi connectivity index (χ3n) is 3.30. The van der Waals surface area contributed by atoms with Crippen LogP contribution in [0, 0.1) is 5.92 Å². The van der Waals surface area contributed by atoms with Gasteiger partial charge in [-0.1, -0.05) is 20.3 Å². The number of nitrogens with two attached hydrogens (primary N) is 1. The second-order valence-corrected chi connectivity index (χ2v) is 6.68. The van der Waals surface area contributed by atoms with Crippen molar-refractivity contribution in [1.29, 1.82) is 0 Å². The molecule has 0 bridgehead atoms. The highest BCUT2D eigenvalue weighted by Crippen LogP contribution is 2.37. The van der Waals surface area contributed by atoms with Crippen LogP contribution in [0.2, 0.25) is 0 Å². The summed E-state index contributed by atoms with van der Waals surface area (Å²) in [6, 6.07) is 2.82. The Labute approximate surface area is 122 Å². The summed E-state index contributed by atoms with van der Waals surface area (Å²) in [5.74, 6) is 0.217. The Kier molecular flexibility index (Phi) is 5.27. The molecule has 1 atom stereocenters. The van der Waals surface area contributed by atoms with Crippen molar-refractivity contribution in [3.63, 3.8) is 0 Å². The second kappa shape index (κ2) is 6.23. The summed E-state index contributed by atoms with van der Waals surface area (Å²) in [5.41, 5.74) is -1.06. The lowest BCUT2D eigenvalue weighted by atomic mass is 10.1. The molecule has 0 aromatic heterocycles. The number of alkyl halides is 3. The SMILES string of the molecule is CCC(C)CN(C)c1ccc(S(N)(=O)=O)cc1C(F)(F)F. The Balaban J connectivity index is 3.33. The van der Waals surface area contributed by atoms with Crippen LogP contribution in [0.3, 0.4) is 0 Å². The van der Waals surface area contributed by atoms with E-state index in [1.807, 2.05) is 13.8 Å². The molecule has 2 N–H and O–H groups in total. The number of sulfonamides is 1. The molecule has 21 heavy (non-hydrogen) atoms. The van der Waals surface area contributed by atoms with Crippen LogP contribution in [-0.4, -0.2) is 22.0 Å². The Morgan fingerprint density at radius 2 is 1.90 bits per heavy atom. The van der Waals surface area contributed by atoms with Crippen LogP contribution in [0.1, 0.15) is 25.8 Å². The van der Waals surface area contributed by atoms with Crippen LogP contribution in [0.15, 0.2) is 23.1 Å². The van der Waals surface area contributed by atoms with Gasteiger partial charge in [-0.15, -0.1) is 0 Å². The van der Waals surface area contributed by atoms with Crippen molar-refractivity contribution in [3.8, 4) is 0 Å². The first-order chi connectivity index (χ1) is 9.46. The van der Waals surface area contributed by atoms with Gasteiger partial charge in [-0.05, 0) is 24.1 Å². The lowest BCUT2D eigenvalue weighted by molar-refractivity contribution is -0.137. The quantitative estimate of drug-likeness (QED) is 0.906. The van der Waals surface area contributed by atoms with E-state index >= 15 is 0 Å². The number of hydrogen-bond donors (Lipinski definition) is 1. The van der Waals surface area contributed by atoms with Gasteiger partial charge in [-0.2, -0.15) is 13.2 Å². The number of hydrogen-bond acceptors (Lipinski definition) is 3. The summed E-state index contributed by atoms with van der Waals surface area (Å²) in [6.45, 7) is 4.32. The van der Waals surface area contributed by atoms with E-state index in [9.17, 15) is 21.6 Å². The van der Waals surface area contributed by atoms with Crippen molar-refractivity contribution < 1.29 is 21.6 Å². The molecule has 0 radical (unpaired) electrons. The van der Waals surface area contributed by atoms with Crippen molar-refractivity contribution in [2.75, 3.05) is 18.5 Å². The fraction of sp³-hybridized carbons (Fsp3) is 0.538. The van der Waals surface area contributed by atoms with Crippen LogP contribution in [0.25, 0.3) is 0 Å². The fourth-order valence-electron chi connectivity index (χ4n) is 1.95. The Bertz CT molecular complexity index is 600. The highest BCUT2D eigenvalue weighted by atomic mass is 32.2. The van der Waals surface area contributed by atoms with Crippen LogP contribution in [0.5, 0.6) is 0 Å². The van der Waals surface area contributed by atoms with E-state index in [0.29, 0.717) is 12.6 Å². The van der Waals surface area contributed by atoms with Crippen molar-refractivity contribution in [2.24, 2.45) is 11.1 Å². The molecule has 0 spiro atoms. The van der Waals surface area contributed by atoms with Gasteiger partial charge in [0, 0.05) is 19.3 Å². The molecule has 1 unspecified atom stereocenters. The highest BCUT2D eigenvalue weighted by molar-refractivity contribution is 7.89. The van der Waals surface area contributed by atoms with Gasteiger partial charge in [-0.3, -0.25) is 0 Å². The van der Waals surface area contributed by atoms with Gasteiger partial charge in [0.25, 0.3) is 0 Å². The number of benzene rings is 1. The number of primary sulfonamides is 1. The number of anilines is 1. The second-order valence-electron chi connectivity index (χ2n) is 5.12. The molecule has 4 nitrogen and oxygen atoms in total. The first-order valence-corrected chi connectivity index (χ1v) is 7.96. The van der Waals surface area contributed by atoms with Crippen molar-refractivity contribution in [2.45, 2.75) is 31.3 Å². The molecule has 120 valence electrons. The monoisotopic (exact) mass is 324 g/mol. The molecule has 0 aliphatic rings. The summed E-state index contributed by atoms with van der Waals surface area (Å²) >= 11 is 0. The maximum atomic E-state index is 13.1. The first kappa shape index (κ1) is 17.8. The van der Waals surface area contributed by atoms with Crippen molar-refractivity contribution in [3.05, 3.63) is 23.8 Å². The van der Waals surface area contributed by atoms with Gasteiger partial charge < -0.3 is 4.90 Å². The maximum absolute atomic E-state index is 13.1. The Hall–Kier alpha value is -1.28. The van der Waals surface area contributed by atoms with Crippen molar-refractivity contribution >= 4 is 15.7 Å². The normalized spacial score (nSPS) is 14.0. The van der Waals surface area contributed by atoms with Gasteiger partial charge >= 0.3 is 6.18 Å². The van der Waals surface area contributed by atoms with Gasteiger partial charge in [0.1, 0.15) is 0 Å². The molecule has 1 aromatic rings. The van der Waals surface area contributed by atoms with Crippen LogP contribution in [-0.2, 0) is 16.2 Å². The Morgan fingerprint density at radius 3 is 2.33 bits per heavy atom. The van der Waals surface area contributed by atoms with Crippen LogP contribution >= 0.6 is 0 Å². The first-order valence-electron chi connectivity index (χ1n) is 6.42. The van der Waals surface area contributed by atoms with Gasteiger partial charge in [0.2, 0.25) is 10.0 Å². The van der Waals surface area contributed by atoms with E-state index < -0.39 is 26.7 Å². The summed E-state index contributed by atoms with van der Waals surface area (Å²) in [6.07, 6.45) is -3.82. The minimum atomic E-state index is -4.65. The Morgan fingerprint density at radius 1 is 1.33 bits per heavy atom. The average Bonchev–Trinajstić information content (AvgIpc) is 2.35. The van der Waals surface area contributed by atoms with Crippen LogP contribution in [0.4, 0.5) is 18.9 Å². The molecular weight excluding hydrogens is 305 g/mol. The summed E-state index contributed by atoms with van der Waals surface area (Å²) < 4.78 is 61.8. The largest absolute Gasteiger partial charge is 0.418 e. The zero-order chi connectivity index (χ0) is 16.4. The van der Waals surface area contributed by atoms with E-state index in [1.54, 1.807) is 7.05 Å². The van der Waals surface area contributed by atoms with Gasteiger partial charge in [-0.25, -0.2) is 13.6 Å². The fourth-order valence-corrected chi connectivity index (χ4v) is 2.49. The molecule has 1 rings (SSSR count).